The van der Waals surface area contributed by atoms with Gasteiger partial charge in [0.25, 0.3) is 0 Å². The molecule has 7 heteroatoms. The number of nitrogens with zero attached hydrogens (tertiary/aromatic N) is 1. The van der Waals surface area contributed by atoms with Crippen molar-refractivity contribution in [3.8, 4) is 5.75 Å². The summed E-state index contributed by atoms with van der Waals surface area (Å²) in [5.74, 6) is 0.674. The number of ether oxygens (including phenoxy) is 1. The Hall–Kier alpha value is -1.76. The third-order valence-corrected chi connectivity index (χ3v) is 3.69. The van der Waals surface area contributed by atoms with Gasteiger partial charge in [-0.15, -0.1) is 0 Å². The monoisotopic (exact) mass is 300 g/mol. The first kappa shape index (κ1) is 16.3. The van der Waals surface area contributed by atoms with Crippen molar-refractivity contribution in [1.29, 1.82) is 0 Å². The summed E-state index contributed by atoms with van der Waals surface area (Å²) in [5, 5.41) is 2.51. The van der Waals surface area contributed by atoms with E-state index >= 15 is 0 Å². The van der Waals surface area contributed by atoms with Gasteiger partial charge in [0.2, 0.25) is 0 Å². The lowest BCUT2D eigenvalue weighted by molar-refractivity contribution is 0.201. The number of nitrogens with one attached hydrogen (secondary N) is 1. The number of carbonyl (C=O) groups is 1. The van der Waals surface area contributed by atoms with Crippen molar-refractivity contribution in [2.24, 2.45) is 0 Å². The Morgan fingerprint density at radius 3 is 2.35 bits per heavy atom. The lowest BCUT2D eigenvalue weighted by Crippen LogP contribution is -2.40. The Morgan fingerprint density at radius 1 is 1.30 bits per heavy atom. The van der Waals surface area contributed by atoms with Gasteiger partial charge < -0.3 is 15.0 Å². The van der Waals surface area contributed by atoms with Crippen LogP contribution in [0.15, 0.2) is 24.3 Å². The molecule has 0 unspecified atom stereocenters. The third-order valence-electron chi connectivity index (χ3n) is 2.77. The molecule has 1 N–H and O–H groups in total. The molecular weight excluding hydrogens is 280 g/mol. The quantitative estimate of drug-likeness (QED) is 0.846. The van der Waals surface area contributed by atoms with E-state index in [1.165, 1.54) is 11.9 Å². The van der Waals surface area contributed by atoms with E-state index in [0.717, 1.165) is 17.6 Å². The van der Waals surface area contributed by atoms with E-state index in [2.05, 4.69) is 5.32 Å². The normalized spacial score (nSPS) is 10.9. The number of sulfone groups is 1. The standard InChI is InChI=1S/C13H20N2O4S/c1-14-13(16)15(8-9-20(3,17)18)10-11-4-6-12(19-2)7-5-11/h4-7H,8-10H2,1-3H3,(H,14,16). The van der Waals surface area contributed by atoms with Gasteiger partial charge in [-0.3, -0.25) is 0 Å². The summed E-state index contributed by atoms with van der Waals surface area (Å²) in [4.78, 5) is 13.2. The van der Waals surface area contributed by atoms with Crippen LogP contribution >= 0.6 is 0 Å². The van der Waals surface area contributed by atoms with Crippen molar-refractivity contribution < 1.29 is 17.9 Å². The molecule has 1 aromatic rings. The summed E-state index contributed by atoms with van der Waals surface area (Å²) in [6.45, 7) is 0.504. The maximum absolute atomic E-state index is 11.8. The minimum atomic E-state index is -3.11. The van der Waals surface area contributed by atoms with Gasteiger partial charge in [0, 0.05) is 26.4 Å². The number of amides is 2. The molecule has 0 aliphatic heterocycles. The van der Waals surface area contributed by atoms with Crippen molar-refractivity contribution in [3.63, 3.8) is 0 Å². The zero-order chi connectivity index (χ0) is 15.2. The fraction of sp³-hybridized carbons (Fsp3) is 0.462. The maximum Gasteiger partial charge on any atom is 0.317 e. The third kappa shape index (κ3) is 5.48. The zero-order valence-electron chi connectivity index (χ0n) is 11.9. The number of urea groups is 1. The highest BCUT2D eigenvalue weighted by atomic mass is 32.2. The van der Waals surface area contributed by atoms with E-state index in [4.69, 9.17) is 4.74 Å². The maximum atomic E-state index is 11.8. The summed E-state index contributed by atoms with van der Waals surface area (Å²) in [5.41, 5.74) is 0.905. The predicted molar refractivity (Wildman–Crippen MR) is 77.6 cm³/mol. The molecule has 0 fully saturated rings. The van der Waals surface area contributed by atoms with Crippen molar-refractivity contribution in [2.45, 2.75) is 6.54 Å². The van der Waals surface area contributed by atoms with Gasteiger partial charge in [-0.05, 0) is 17.7 Å². The van der Waals surface area contributed by atoms with Crippen LogP contribution < -0.4 is 10.1 Å². The highest BCUT2D eigenvalue weighted by Gasteiger charge is 2.15. The largest absolute Gasteiger partial charge is 0.497 e. The molecule has 1 rings (SSSR count). The van der Waals surface area contributed by atoms with E-state index < -0.39 is 9.84 Å². The van der Waals surface area contributed by atoms with Gasteiger partial charge in [-0.2, -0.15) is 0 Å². The first-order chi connectivity index (χ1) is 9.35. The summed E-state index contributed by atoms with van der Waals surface area (Å²) < 4.78 is 27.5. The lowest BCUT2D eigenvalue weighted by atomic mass is 10.2. The van der Waals surface area contributed by atoms with Crippen LogP contribution in [0.4, 0.5) is 4.79 Å². The minimum absolute atomic E-state index is 0.0590. The van der Waals surface area contributed by atoms with Gasteiger partial charge in [0.15, 0.2) is 0 Å². The molecule has 1 aromatic carbocycles. The summed E-state index contributed by atoms with van der Waals surface area (Å²) >= 11 is 0. The molecule has 0 aliphatic rings. The number of hydrogen-bond donors (Lipinski definition) is 1. The molecule has 0 radical (unpaired) electrons. The minimum Gasteiger partial charge on any atom is -0.497 e. The van der Waals surface area contributed by atoms with Gasteiger partial charge in [-0.25, -0.2) is 13.2 Å². The lowest BCUT2D eigenvalue weighted by Gasteiger charge is -2.22. The van der Waals surface area contributed by atoms with Crippen LogP contribution in [0.3, 0.4) is 0 Å². The van der Waals surface area contributed by atoms with Gasteiger partial charge in [0.05, 0.1) is 12.9 Å². The van der Waals surface area contributed by atoms with Crippen molar-refractivity contribution >= 4 is 15.9 Å². The Bertz CT molecular complexity index is 540. The molecule has 2 amide bonds. The molecule has 112 valence electrons. The predicted octanol–water partition coefficient (Wildman–Crippen LogP) is 0.881. The average Bonchev–Trinajstić information content (AvgIpc) is 2.42. The number of carbonyl (C=O) groups excluding carboxylic acids is 1. The van der Waals surface area contributed by atoms with Crippen LogP contribution in [0.2, 0.25) is 0 Å². The number of hydrogen-bond acceptors (Lipinski definition) is 4. The Balaban J connectivity index is 2.75. The topological polar surface area (TPSA) is 75.7 Å². The van der Waals surface area contributed by atoms with Crippen LogP contribution in [0.25, 0.3) is 0 Å². The highest BCUT2D eigenvalue weighted by Crippen LogP contribution is 2.13. The molecule has 0 spiro atoms. The van der Waals surface area contributed by atoms with Gasteiger partial charge in [0.1, 0.15) is 15.6 Å². The molecule has 0 bridgehead atoms. The van der Waals surface area contributed by atoms with E-state index in [0.29, 0.717) is 6.54 Å². The Kier molecular flexibility index (Phi) is 5.82. The zero-order valence-corrected chi connectivity index (χ0v) is 12.7. The number of benzene rings is 1. The van der Waals surface area contributed by atoms with Crippen LogP contribution in [0, 0.1) is 0 Å². The molecule has 0 aromatic heterocycles. The average molecular weight is 300 g/mol. The Labute approximate surface area is 119 Å². The number of methoxy groups -OCH3 is 1. The Morgan fingerprint density at radius 2 is 1.90 bits per heavy atom. The smallest absolute Gasteiger partial charge is 0.317 e. The highest BCUT2D eigenvalue weighted by molar-refractivity contribution is 7.90. The van der Waals surface area contributed by atoms with Crippen LogP contribution in [-0.4, -0.2) is 52.1 Å². The van der Waals surface area contributed by atoms with E-state index in [-0.39, 0.29) is 18.3 Å². The second-order valence-electron chi connectivity index (χ2n) is 4.45. The molecule has 0 heterocycles. The van der Waals surface area contributed by atoms with Crippen molar-refractivity contribution in [2.75, 3.05) is 32.7 Å². The molecule has 0 atom stereocenters. The summed E-state index contributed by atoms with van der Waals surface area (Å²) in [6, 6.07) is 6.98. The van der Waals surface area contributed by atoms with Crippen molar-refractivity contribution in [1.82, 2.24) is 10.2 Å². The molecule has 6 nitrogen and oxygen atoms in total. The van der Waals surface area contributed by atoms with Crippen LogP contribution in [0.5, 0.6) is 5.75 Å². The van der Waals surface area contributed by atoms with E-state index in [9.17, 15) is 13.2 Å². The van der Waals surface area contributed by atoms with Crippen LogP contribution in [0.1, 0.15) is 5.56 Å². The molecule has 0 saturated carbocycles. The molecular formula is C13H20N2O4S. The first-order valence-electron chi connectivity index (χ1n) is 6.13. The fourth-order valence-electron chi connectivity index (χ4n) is 1.64. The van der Waals surface area contributed by atoms with Crippen LogP contribution in [-0.2, 0) is 16.4 Å². The van der Waals surface area contributed by atoms with E-state index in [1.807, 2.05) is 12.1 Å². The molecule has 0 aliphatic carbocycles. The second-order valence-corrected chi connectivity index (χ2v) is 6.71. The summed E-state index contributed by atoms with van der Waals surface area (Å²) in [7, 11) is -0.00659. The molecule has 0 saturated heterocycles. The van der Waals surface area contributed by atoms with E-state index in [1.54, 1.807) is 19.2 Å². The SMILES string of the molecule is CNC(=O)N(CCS(C)(=O)=O)Cc1ccc(OC)cc1. The van der Waals surface area contributed by atoms with Gasteiger partial charge >= 0.3 is 6.03 Å². The fourth-order valence-corrected chi connectivity index (χ4v) is 2.19. The van der Waals surface area contributed by atoms with Gasteiger partial charge in [-0.1, -0.05) is 12.1 Å². The summed E-state index contributed by atoms with van der Waals surface area (Å²) in [6.07, 6.45) is 1.16. The molecule has 20 heavy (non-hydrogen) atoms. The van der Waals surface area contributed by atoms with Crippen molar-refractivity contribution in [3.05, 3.63) is 29.8 Å². The second kappa shape index (κ2) is 7.14. The first-order valence-corrected chi connectivity index (χ1v) is 8.19. The number of rotatable bonds is 6.